The molecule has 74 valence electrons. The molecule has 1 aromatic rings. The van der Waals surface area contributed by atoms with Gasteiger partial charge in [0.05, 0.1) is 6.07 Å². The highest BCUT2D eigenvalue weighted by Crippen LogP contribution is 2.32. The summed E-state index contributed by atoms with van der Waals surface area (Å²) in [6.07, 6.45) is 5.55. The largest absolute Gasteiger partial charge is 0.508 e. The highest BCUT2D eigenvalue weighted by atomic mass is 16.3. The van der Waals surface area contributed by atoms with E-state index in [9.17, 15) is 10.4 Å². The Bertz CT molecular complexity index is 453. The molecule has 0 saturated carbocycles. The van der Waals surface area contributed by atoms with Gasteiger partial charge < -0.3 is 5.11 Å². The summed E-state index contributed by atoms with van der Waals surface area (Å²) in [5, 5.41) is 18.5. The molecule has 0 radical (unpaired) electrons. The van der Waals surface area contributed by atoms with Crippen molar-refractivity contribution in [3.63, 3.8) is 0 Å². The van der Waals surface area contributed by atoms with Gasteiger partial charge in [-0.3, -0.25) is 0 Å². The van der Waals surface area contributed by atoms with E-state index in [-0.39, 0.29) is 5.76 Å². The molecule has 1 unspecified atom stereocenters. The Morgan fingerprint density at radius 3 is 2.53 bits per heavy atom. The Hall–Kier alpha value is -2.01. The lowest BCUT2D eigenvalue weighted by molar-refractivity contribution is 0.421. The van der Waals surface area contributed by atoms with Crippen LogP contribution in [0.15, 0.2) is 54.3 Å². The molecule has 1 N–H and O–H groups in total. The third kappa shape index (κ3) is 1.64. The van der Waals surface area contributed by atoms with E-state index in [1.807, 2.05) is 30.3 Å². The standard InChI is InChI=1S/C13H11NO/c14-10-13(8-6-12(15)7-9-13)11-4-2-1-3-5-11/h1-8,15H,9H2. The van der Waals surface area contributed by atoms with Crippen molar-refractivity contribution in [3.05, 3.63) is 59.9 Å². The zero-order chi connectivity index (χ0) is 10.7. The summed E-state index contributed by atoms with van der Waals surface area (Å²) in [6.45, 7) is 0. The number of aliphatic hydroxyl groups excluding tert-OH is 1. The highest BCUT2D eigenvalue weighted by Gasteiger charge is 2.30. The van der Waals surface area contributed by atoms with Crippen LogP contribution in [-0.2, 0) is 5.41 Å². The predicted octanol–water partition coefficient (Wildman–Crippen LogP) is 2.85. The average Bonchev–Trinajstić information content (AvgIpc) is 2.32. The first-order chi connectivity index (χ1) is 7.27. The Morgan fingerprint density at radius 1 is 1.27 bits per heavy atom. The van der Waals surface area contributed by atoms with Gasteiger partial charge >= 0.3 is 0 Å². The van der Waals surface area contributed by atoms with Gasteiger partial charge in [0.1, 0.15) is 11.2 Å². The molecule has 0 amide bonds. The van der Waals surface area contributed by atoms with Gasteiger partial charge in [-0.15, -0.1) is 0 Å². The van der Waals surface area contributed by atoms with E-state index in [1.165, 1.54) is 0 Å². The van der Waals surface area contributed by atoms with E-state index in [1.54, 1.807) is 18.2 Å². The van der Waals surface area contributed by atoms with Crippen molar-refractivity contribution < 1.29 is 5.11 Å². The molecule has 2 heteroatoms. The van der Waals surface area contributed by atoms with Gasteiger partial charge in [-0.05, 0) is 24.1 Å². The molecule has 1 aliphatic carbocycles. The molecule has 2 nitrogen and oxygen atoms in total. The van der Waals surface area contributed by atoms with Gasteiger partial charge in [0.25, 0.3) is 0 Å². The second kappa shape index (κ2) is 3.62. The van der Waals surface area contributed by atoms with Crippen molar-refractivity contribution in [1.82, 2.24) is 0 Å². The number of benzene rings is 1. The molecule has 2 rings (SSSR count). The van der Waals surface area contributed by atoms with Gasteiger partial charge in [0.2, 0.25) is 0 Å². The number of nitriles is 1. The maximum absolute atomic E-state index is 9.27. The minimum Gasteiger partial charge on any atom is -0.508 e. The first-order valence-electron chi connectivity index (χ1n) is 4.82. The van der Waals surface area contributed by atoms with Crippen LogP contribution in [-0.4, -0.2) is 5.11 Å². The van der Waals surface area contributed by atoms with Crippen molar-refractivity contribution in [2.45, 2.75) is 11.8 Å². The van der Waals surface area contributed by atoms with Crippen molar-refractivity contribution in [3.8, 4) is 6.07 Å². The van der Waals surface area contributed by atoms with E-state index >= 15 is 0 Å². The molecule has 0 heterocycles. The molecule has 1 atom stereocenters. The summed E-state index contributed by atoms with van der Waals surface area (Å²) in [6, 6.07) is 11.9. The summed E-state index contributed by atoms with van der Waals surface area (Å²) in [4.78, 5) is 0. The fraction of sp³-hybridized carbons (Fsp3) is 0.154. The van der Waals surface area contributed by atoms with E-state index in [0.29, 0.717) is 6.42 Å². The van der Waals surface area contributed by atoms with Crippen LogP contribution in [0.2, 0.25) is 0 Å². The predicted molar refractivity (Wildman–Crippen MR) is 58.2 cm³/mol. The van der Waals surface area contributed by atoms with E-state index in [0.717, 1.165) is 5.56 Å². The zero-order valence-electron chi connectivity index (χ0n) is 8.22. The lowest BCUT2D eigenvalue weighted by Gasteiger charge is -2.24. The molecule has 1 aliphatic rings. The minimum atomic E-state index is -0.618. The molecule has 0 saturated heterocycles. The third-order valence-electron chi connectivity index (χ3n) is 2.66. The summed E-state index contributed by atoms with van der Waals surface area (Å²) < 4.78 is 0. The average molecular weight is 197 g/mol. The van der Waals surface area contributed by atoms with Crippen LogP contribution in [0.25, 0.3) is 0 Å². The van der Waals surface area contributed by atoms with E-state index < -0.39 is 5.41 Å². The zero-order valence-corrected chi connectivity index (χ0v) is 8.22. The van der Waals surface area contributed by atoms with Crippen LogP contribution in [0.1, 0.15) is 12.0 Å². The monoisotopic (exact) mass is 197 g/mol. The summed E-state index contributed by atoms with van der Waals surface area (Å²) in [5.41, 5.74) is 0.348. The molecule has 0 fully saturated rings. The quantitative estimate of drug-likeness (QED) is 0.752. The molecule has 0 aromatic heterocycles. The Balaban J connectivity index is 2.43. The van der Waals surface area contributed by atoms with Crippen molar-refractivity contribution in [1.29, 1.82) is 5.26 Å². The van der Waals surface area contributed by atoms with Gasteiger partial charge in [-0.1, -0.05) is 36.4 Å². The number of allylic oxidation sites excluding steroid dienone is 3. The minimum absolute atomic E-state index is 0.233. The second-order valence-electron chi connectivity index (χ2n) is 3.62. The Morgan fingerprint density at radius 2 is 2.00 bits per heavy atom. The third-order valence-corrected chi connectivity index (χ3v) is 2.66. The van der Waals surface area contributed by atoms with Gasteiger partial charge in [0.15, 0.2) is 0 Å². The first kappa shape index (κ1) is 9.54. The lowest BCUT2D eigenvalue weighted by Crippen LogP contribution is -2.22. The van der Waals surface area contributed by atoms with Crippen LogP contribution in [0, 0.1) is 11.3 Å². The molecular weight excluding hydrogens is 186 g/mol. The topological polar surface area (TPSA) is 44.0 Å². The van der Waals surface area contributed by atoms with E-state index in [2.05, 4.69) is 6.07 Å². The Labute approximate surface area is 88.8 Å². The first-order valence-corrected chi connectivity index (χ1v) is 4.82. The fourth-order valence-electron chi connectivity index (χ4n) is 1.73. The molecule has 0 aliphatic heterocycles. The fourth-order valence-corrected chi connectivity index (χ4v) is 1.73. The number of nitrogens with zero attached hydrogens (tertiary/aromatic N) is 1. The van der Waals surface area contributed by atoms with Gasteiger partial charge in [-0.2, -0.15) is 5.26 Å². The van der Waals surface area contributed by atoms with Crippen molar-refractivity contribution in [2.75, 3.05) is 0 Å². The number of aliphatic hydroxyl groups is 1. The summed E-state index contributed by atoms with van der Waals surface area (Å²) in [7, 11) is 0. The van der Waals surface area contributed by atoms with Gasteiger partial charge in [-0.25, -0.2) is 0 Å². The molecule has 15 heavy (non-hydrogen) atoms. The Kier molecular flexibility index (Phi) is 2.31. The molecular formula is C13H11NO. The lowest BCUT2D eigenvalue weighted by atomic mass is 9.76. The summed E-state index contributed by atoms with van der Waals surface area (Å²) in [5.74, 6) is 0.233. The van der Waals surface area contributed by atoms with Crippen LogP contribution in [0.5, 0.6) is 0 Å². The van der Waals surface area contributed by atoms with Crippen LogP contribution >= 0.6 is 0 Å². The summed E-state index contributed by atoms with van der Waals surface area (Å²) >= 11 is 0. The normalized spacial score (nSPS) is 24.3. The smallest absolute Gasteiger partial charge is 0.111 e. The molecule has 0 bridgehead atoms. The van der Waals surface area contributed by atoms with Crippen molar-refractivity contribution in [2.24, 2.45) is 0 Å². The van der Waals surface area contributed by atoms with Crippen LogP contribution < -0.4 is 0 Å². The highest BCUT2D eigenvalue weighted by molar-refractivity contribution is 5.43. The molecule has 1 aromatic carbocycles. The number of hydrogen-bond acceptors (Lipinski definition) is 2. The second-order valence-corrected chi connectivity index (χ2v) is 3.62. The van der Waals surface area contributed by atoms with Gasteiger partial charge in [0, 0.05) is 0 Å². The van der Waals surface area contributed by atoms with E-state index in [4.69, 9.17) is 0 Å². The van der Waals surface area contributed by atoms with Crippen LogP contribution in [0.4, 0.5) is 0 Å². The number of hydrogen-bond donors (Lipinski definition) is 1. The SMILES string of the molecule is N#CC1(c2ccccc2)C=CC(O)=CC1. The van der Waals surface area contributed by atoms with Crippen LogP contribution in [0.3, 0.4) is 0 Å². The molecule has 0 spiro atoms. The maximum atomic E-state index is 9.27. The number of rotatable bonds is 1. The maximum Gasteiger partial charge on any atom is 0.111 e. The van der Waals surface area contributed by atoms with Crippen molar-refractivity contribution >= 4 is 0 Å².